The van der Waals surface area contributed by atoms with Gasteiger partial charge in [0.1, 0.15) is 0 Å². The van der Waals surface area contributed by atoms with Crippen molar-refractivity contribution in [2.24, 2.45) is 0 Å². The normalized spacial score (nSPS) is 13.4. The molecule has 0 aliphatic heterocycles. The molecule has 1 unspecified atom stereocenters. The fourth-order valence-corrected chi connectivity index (χ4v) is 2.92. The molecule has 0 saturated heterocycles. The topological polar surface area (TPSA) is 12.0 Å². The number of fused-ring (bicyclic) bond motifs is 1. The molecule has 1 nitrogen and oxygen atoms in total. The van der Waals surface area contributed by atoms with Gasteiger partial charge in [-0.15, -0.1) is 11.3 Å². The number of benzene rings is 1. The van der Waals surface area contributed by atoms with Crippen LogP contribution in [0.4, 0.5) is 8.78 Å². The molecule has 92 valence electrons. The maximum absolute atomic E-state index is 12.8. The molecule has 0 amide bonds. The molecule has 1 atom stereocenters. The zero-order valence-corrected chi connectivity index (χ0v) is 10.4. The van der Waals surface area contributed by atoms with E-state index in [0.717, 1.165) is 15.6 Å². The summed E-state index contributed by atoms with van der Waals surface area (Å²) >= 11 is 1.61. The average Bonchev–Trinajstić information content (AvgIpc) is 2.72. The molecule has 1 aromatic heterocycles. The molecule has 1 aromatic carbocycles. The molecule has 0 bridgehead atoms. The van der Waals surface area contributed by atoms with E-state index in [4.69, 9.17) is 0 Å². The summed E-state index contributed by atoms with van der Waals surface area (Å²) in [5.41, 5.74) is 1.01. The number of nitrogens with one attached hydrogen (secondary N) is 1. The Balaban J connectivity index is 2.22. The Morgan fingerprint density at radius 3 is 2.76 bits per heavy atom. The molecule has 2 rings (SSSR count). The van der Waals surface area contributed by atoms with Crippen molar-refractivity contribution in [1.29, 1.82) is 0 Å². The van der Waals surface area contributed by atoms with Gasteiger partial charge in [0.2, 0.25) is 0 Å². The predicted octanol–water partition coefficient (Wildman–Crippen LogP) is 3.69. The van der Waals surface area contributed by atoms with Crippen molar-refractivity contribution in [2.45, 2.75) is 25.8 Å². The summed E-state index contributed by atoms with van der Waals surface area (Å²) in [5, 5.41) is 5.92. The van der Waals surface area contributed by atoms with E-state index in [0.29, 0.717) is 13.0 Å². The van der Waals surface area contributed by atoms with Crippen LogP contribution < -0.4 is 5.32 Å². The number of likely N-dealkylation sites (N-methyl/N-ethyl adjacent to an activating group) is 1. The highest BCUT2D eigenvalue weighted by molar-refractivity contribution is 7.17. The SMILES string of the molecule is CCNC(Cc1csc2ccccc12)C(F)F. The lowest BCUT2D eigenvalue weighted by molar-refractivity contribution is 0.0992. The van der Waals surface area contributed by atoms with E-state index in [9.17, 15) is 8.78 Å². The Bertz CT molecular complexity index is 481. The third kappa shape index (κ3) is 2.82. The molecule has 0 fully saturated rings. The largest absolute Gasteiger partial charge is 0.309 e. The van der Waals surface area contributed by atoms with E-state index in [2.05, 4.69) is 5.32 Å². The number of alkyl halides is 2. The summed E-state index contributed by atoms with van der Waals surface area (Å²) in [6, 6.07) is 7.18. The van der Waals surface area contributed by atoms with Crippen molar-refractivity contribution in [3.8, 4) is 0 Å². The van der Waals surface area contributed by atoms with Crippen LogP contribution in [0.5, 0.6) is 0 Å². The standard InChI is InChI=1S/C13H15F2NS/c1-2-16-11(13(14)15)7-9-8-17-12-6-4-3-5-10(9)12/h3-6,8,11,13,16H,2,7H2,1H3. The van der Waals surface area contributed by atoms with E-state index in [1.807, 2.05) is 36.6 Å². The van der Waals surface area contributed by atoms with Gasteiger partial charge in [-0.2, -0.15) is 0 Å². The van der Waals surface area contributed by atoms with Gasteiger partial charge in [0, 0.05) is 4.70 Å². The molecule has 0 aliphatic carbocycles. The van der Waals surface area contributed by atoms with Gasteiger partial charge in [-0.25, -0.2) is 8.78 Å². The number of hydrogen-bond donors (Lipinski definition) is 1. The second-order valence-corrected chi connectivity index (χ2v) is 4.87. The first kappa shape index (κ1) is 12.5. The molecule has 0 radical (unpaired) electrons. The number of halogens is 2. The van der Waals surface area contributed by atoms with Gasteiger partial charge in [0.05, 0.1) is 6.04 Å². The highest BCUT2D eigenvalue weighted by Gasteiger charge is 2.20. The van der Waals surface area contributed by atoms with Crippen LogP contribution in [-0.2, 0) is 6.42 Å². The van der Waals surface area contributed by atoms with Crippen LogP contribution in [0.1, 0.15) is 12.5 Å². The van der Waals surface area contributed by atoms with Gasteiger partial charge in [0.25, 0.3) is 6.43 Å². The van der Waals surface area contributed by atoms with Gasteiger partial charge < -0.3 is 5.32 Å². The average molecular weight is 255 g/mol. The van der Waals surface area contributed by atoms with Crippen LogP contribution in [-0.4, -0.2) is 19.0 Å². The lowest BCUT2D eigenvalue weighted by Gasteiger charge is -2.16. The Morgan fingerprint density at radius 2 is 2.06 bits per heavy atom. The fourth-order valence-electron chi connectivity index (χ4n) is 1.94. The van der Waals surface area contributed by atoms with Gasteiger partial charge in [-0.1, -0.05) is 25.1 Å². The molecule has 4 heteroatoms. The lowest BCUT2D eigenvalue weighted by atomic mass is 10.1. The van der Waals surface area contributed by atoms with Crippen molar-refractivity contribution in [2.75, 3.05) is 6.54 Å². The van der Waals surface area contributed by atoms with Crippen LogP contribution in [0.3, 0.4) is 0 Å². The van der Waals surface area contributed by atoms with Crippen LogP contribution >= 0.6 is 11.3 Å². The first-order valence-corrected chi connectivity index (χ1v) is 6.57. The van der Waals surface area contributed by atoms with Gasteiger partial charge in [-0.3, -0.25) is 0 Å². The van der Waals surface area contributed by atoms with Crippen molar-refractivity contribution in [1.82, 2.24) is 5.32 Å². The van der Waals surface area contributed by atoms with Crippen LogP contribution in [0, 0.1) is 0 Å². The maximum Gasteiger partial charge on any atom is 0.254 e. The van der Waals surface area contributed by atoms with E-state index < -0.39 is 12.5 Å². The van der Waals surface area contributed by atoms with Crippen LogP contribution in [0.2, 0.25) is 0 Å². The van der Waals surface area contributed by atoms with E-state index >= 15 is 0 Å². The Labute approximate surface area is 103 Å². The number of thiophene rings is 1. The van der Waals surface area contributed by atoms with Crippen molar-refractivity contribution < 1.29 is 8.78 Å². The minimum Gasteiger partial charge on any atom is -0.309 e. The first-order valence-electron chi connectivity index (χ1n) is 5.69. The molecule has 0 saturated carbocycles. The highest BCUT2D eigenvalue weighted by Crippen LogP contribution is 2.27. The van der Waals surface area contributed by atoms with Crippen molar-refractivity contribution >= 4 is 21.4 Å². The maximum atomic E-state index is 12.8. The molecule has 1 N–H and O–H groups in total. The van der Waals surface area contributed by atoms with E-state index in [-0.39, 0.29) is 0 Å². The summed E-state index contributed by atoms with van der Waals surface area (Å²) in [7, 11) is 0. The van der Waals surface area contributed by atoms with Crippen LogP contribution in [0.15, 0.2) is 29.6 Å². The molecule has 0 spiro atoms. The second-order valence-electron chi connectivity index (χ2n) is 3.96. The summed E-state index contributed by atoms with van der Waals surface area (Å²) < 4.78 is 26.8. The van der Waals surface area contributed by atoms with Gasteiger partial charge >= 0.3 is 0 Å². The minimum atomic E-state index is -2.33. The quantitative estimate of drug-likeness (QED) is 0.859. The smallest absolute Gasteiger partial charge is 0.254 e. The third-order valence-corrected chi connectivity index (χ3v) is 3.78. The molecule has 2 aromatic rings. The first-order chi connectivity index (χ1) is 8.22. The monoisotopic (exact) mass is 255 g/mol. The Hall–Kier alpha value is -1.00. The summed E-state index contributed by atoms with van der Waals surface area (Å²) in [6.45, 7) is 2.41. The Morgan fingerprint density at radius 1 is 1.29 bits per heavy atom. The predicted molar refractivity (Wildman–Crippen MR) is 69.0 cm³/mol. The zero-order chi connectivity index (χ0) is 12.3. The van der Waals surface area contributed by atoms with Crippen molar-refractivity contribution in [3.63, 3.8) is 0 Å². The minimum absolute atomic E-state index is 0.384. The third-order valence-electron chi connectivity index (χ3n) is 2.77. The summed E-state index contributed by atoms with van der Waals surface area (Å²) in [5.74, 6) is 0. The molecule has 1 heterocycles. The summed E-state index contributed by atoms with van der Waals surface area (Å²) in [4.78, 5) is 0. The van der Waals surface area contributed by atoms with Gasteiger partial charge in [-0.05, 0) is 35.4 Å². The molecule has 0 aliphatic rings. The van der Waals surface area contributed by atoms with Crippen LogP contribution in [0.25, 0.3) is 10.1 Å². The molecular weight excluding hydrogens is 240 g/mol. The number of hydrogen-bond acceptors (Lipinski definition) is 2. The molecule has 17 heavy (non-hydrogen) atoms. The van der Waals surface area contributed by atoms with E-state index in [1.165, 1.54) is 0 Å². The Kier molecular flexibility index (Phi) is 4.07. The second kappa shape index (κ2) is 5.56. The number of rotatable bonds is 5. The van der Waals surface area contributed by atoms with Gasteiger partial charge in [0.15, 0.2) is 0 Å². The zero-order valence-electron chi connectivity index (χ0n) is 9.62. The summed E-state index contributed by atoms with van der Waals surface area (Å²) in [6.07, 6.45) is -1.94. The fraction of sp³-hybridized carbons (Fsp3) is 0.385. The van der Waals surface area contributed by atoms with E-state index in [1.54, 1.807) is 11.3 Å². The lowest BCUT2D eigenvalue weighted by Crippen LogP contribution is -2.37. The van der Waals surface area contributed by atoms with Crippen molar-refractivity contribution in [3.05, 3.63) is 35.2 Å². The highest BCUT2D eigenvalue weighted by atomic mass is 32.1. The molecular formula is C13H15F2NS.